The third-order valence-electron chi connectivity index (χ3n) is 2.66. The van der Waals surface area contributed by atoms with Gasteiger partial charge in [-0.25, -0.2) is 0 Å². The molecular weight excluding hydrogens is 164 g/mol. The van der Waals surface area contributed by atoms with Gasteiger partial charge in [0.25, 0.3) is 0 Å². The van der Waals surface area contributed by atoms with Gasteiger partial charge in [0.15, 0.2) is 1.41 Å². The van der Waals surface area contributed by atoms with Crippen molar-refractivity contribution in [2.75, 3.05) is 13.6 Å². The third-order valence-corrected chi connectivity index (χ3v) is 2.66. The largest absolute Gasteiger partial charge is 0.329 e. The molecule has 2 rings (SSSR count). The molecule has 1 aromatic heterocycles. The second-order valence-electron chi connectivity index (χ2n) is 3.57. The van der Waals surface area contributed by atoms with E-state index < -0.39 is 0 Å². The number of likely N-dealkylation sites (tertiary alicyclic amines) is 1. The van der Waals surface area contributed by atoms with E-state index in [1.165, 1.54) is 12.5 Å². The van der Waals surface area contributed by atoms with E-state index in [4.69, 9.17) is 1.41 Å². The van der Waals surface area contributed by atoms with Crippen LogP contribution in [0.2, 0.25) is 1.41 Å². The molecule has 0 amide bonds. The zero-order valence-corrected chi connectivity index (χ0v) is 7.73. The van der Waals surface area contributed by atoms with E-state index in [0.29, 0.717) is 6.04 Å². The Labute approximate surface area is 78.9 Å². The Balaban J connectivity index is 2.32. The molecular formula is C10H14N2O. The van der Waals surface area contributed by atoms with Crippen molar-refractivity contribution in [2.24, 2.45) is 0 Å². The number of nitrogens with one attached hydrogen (secondary N) is 1. The molecule has 1 aromatic rings. The van der Waals surface area contributed by atoms with Crippen molar-refractivity contribution in [2.45, 2.75) is 18.9 Å². The van der Waals surface area contributed by atoms with Gasteiger partial charge in [0.1, 0.15) is 0 Å². The zero-order valence-electron chi connectivity index (χ0n) is 8.73. The van der Waals surface area contributed by atoms with Crippen molar-refractivity contribution in [1.82, 2.24) is 9.88 Å². The minimum atomic E-state index is -0.269. The van der Waals surface area contributed by atoms with Crippen molar-refractivity contribution in [3.63, 3.8) is 0 Å². The summed E-state index contributed by atoms with van der Waals surface area (Å²) in [5.74, 6) is 0. The number of hydrogen-bond acceptors (Lipinski definition) is 2. The number of nitrogens with zero attached hydrogens (tertiary/aromatic N) is 1. The third kappa shape index (κ3) is 1.65. The Morgan fingerprint density at radius 3 is 3.15 bits per heavy atom. The van der Waals surface area contributed by atoms with Crippen molar-refractivity contribution < 1.29 is 1.41 Å². The highest BCUT2D eigenvalue weighted by Gasteiger charge is 2.22. The molecule has 2 heterocycles. The van der Waals surface area contributed by atoms with Gasteiger partial charge >= 0.3 is 0 Å². The molecule has 1 N–H and O–H groups in total. The summed E-state index contributed by atoms with van der Waals surface area (Å²) < 4.78 is 7.38. The molecule has 0 aromatic carbocycles. The van der Waals surface area contributed by atoms with Crippen LogP contribution in [0.1, 0.15) is 24.4 Å². The highest BCUT2D eigenvalue weighted by Crippen LogP contribution is 2.28. The van der Waals surface area contributed by atoms with Crippen LogP contribution < -0.4 is 5.56 Å². The molecule has 70 valence electrons. The van der Waals surface area contributed by atoms with Crippen LogP contribution >= 0.6 is 0 Å². The predicted octanol–water partition coefficient (Wildman–Crippen LogP) is 1.14. The zero-order chi connectivity index (χ0) is 10.1. The van der Waals surface area contributed by atoms with Crippen LogP contribution in [-0.2, 0) is 0 Å². The molecule has 0 spiro atoms. The number of rotatable bonds is 1. The van der Waals surface area contributed by atoms with Gasteiger partial charge in [-0.05, 0) is 32.0 Å². The predicted molar refractivity (Wildman–Crippen MR) is 51.7 cm³/mol. The summed E-state index contributed by atoms with van der Waals surface area (Å²) in [6.45, 7) is 1.10. The lowest BCUT2D eigenvalue weighted by Crippen LogP contribution is -2.18. The SMILES string of the molecule is [2H]n1cc(C2CCCN2C)ccc1=O. The number of hydrogen-bond donors (Lipinski definition) is 1. The Hall–Kier alpha value is -1.09. The normalized spacial score (nSPS) is 24.7. The Bertz CT molecular complexity index is 388. The first-order valence-electron chi connectivity index (χ1n) is 5.05. The minimum absolute atomic E-state index is 0.269. The summed E-state index contributed by atoms with van der Waals surface area (Å²) in [7, 11) is 2.08. The molecule has 1 aliphatic rings. The summed E-state index contributed by atoms with van der Waals surface area (Å²) in [5, 5.41) is 0. The quantitative estimate of drug-likeness (QED) is 0.701. The van der Waals surface area contributed by atoms with E-state index in [2.05, 4.69) is 11.9 Å². The van der Waals surface area contributed by atoms with Gasteiger partial charge in [-0.15, -0.1) is 0 Å². The first kappa shape index (κ1) is 7.33. The van der Waals surface area contributed by atoms with Gasteiger partial charge in [0, 0.05) is 18.3 Å². The molecule has 0 bridgehead atoms. The summed E-state index contributed by atoms with van der Waals surface area (Å²) in [6.07, 6.45) is 3.93. The number of aromatic nitrogens is 1. The van der Waals surface area contributed by atoms with Crippen LogP contribution in [-0.4, -0.2) is 23.5 Å². The standard InChI is InChI=1S/C10H14N2O/c1-12-6-2-3-9(12)8-4-5-10(13)11-7-8/h4-5,7,9H,2-3,6H2,1H3,(H,11,13)/i/hD. The minimum Gasteiger partial charge on any atom is -0.329 e. The molecule has 0 saturated carbocycles. The van der Waals surface area contributed by atoms with E-state index in [9.17, 15) is 4.79 Å². The van der Waals surface area contributed by atoms with Crippen molar-refractivity contribution >= 4 is 0 Å². The van der Waals surface area contributed by atoms with E-state index in [0.717, 1.165) is 23.5 Å². The summed E-state index contributed by atoms with van der Waals surface area (Å²) in [6, 6.07) is 3.68. The highest BCUT2D eigenvalue weighted by atomic mass is 16.1. The Kier molecular flexibility index (Phi) is 1.88. The molecule has 1 saturated heterocycles. The molecule has 1 unspecified atom stereocenters. The number of pyridine rings is 1. The monoisotopic (exact) mass is 179 g/mol. The summed E-state index contributed by atoms with van der Waals surface area (Å²) in [4.78, 5) is 14.2. The maximum absolute atomic E-state index is 11.0. The second kappa shape index (κ2) is 3.34. The number of H-pyrrole nitrogens is 1. The van der Waals surface area contributed by atoms with Gasteiger partial charge in [0.05, 0.1) is 0 Å². The Morgan fingerprint density at radius 1 is 1.69 bits per heavy atom. The van der Waals surface area contributed by atoms with E-state index >= 15 is 0 Å². The van der Waals surface area contributed by atoms with Crippen LogP contribution in [0.25, 0.3) is 0 Å². The van der Waals surface area contributed by atoms with Crippen LogP contribution in [0, 0.1) is 0 Å². The van der Waals surface area contributed by atoms with Gasteiger partial charge in [-0.2, -0.15) is 0 Å². The van der Waals surface area contributed by atoms with Crippen molar-refractivity contribution in [3.05, 3.63) is 34.2 Å². The first-order chi connectivity index (χ1) is 6.68. The molecule has 0 aliphatic carbocycles. The fourth-order valence-electron chi connectivity index (χ4n) is 1.92. The smallest absolute Gasteiger partial charge is 0.247 e. The van der Waals surface area contributed by atoms with Crippen molar-refractivity contribution in [1.29, 1.82) is 0 Å². The fourth-order valence-corrected chi connectivity index (χ4v) is 1.92. The average molecular weight is 179 g/mol. The van der Waals surface area contributed by atoms with Gasteiger partial charge in [-0.3, -0.25) is 9.69 Å². The summed E-state index contributed by atoms with van der Waals surface area (Å²) >= 11 is 0. The fraction of sp³-hybridized carbons (Fsp3) is 0.500. The van der Waals surface area contributed by atoms with Crippen molar-refractivity contribution in [3.8, 4) is 0 Å². The van der Waals surface area contributed by atoms with Gasteiger partial charge in [0.2, 0.25) is 5.56 Å². The molecule has 13 heavy (non-hydrogen) atoms. The van der Waals surface area contributed by atoms with E-state index in [-0.39, 0.29) is 5.56 Å². The van der Waals surface area contributed by atoms with Crippen LogP contribution in [0.4, 0.5) is 0 Å². The molecule has 1 aliphatic heterocycles. The van der Waals surface area contributed by atoms with Crippen LogP contribution in [0.15, 0.2) is 23.1 Å². The summed E-state index contributed by atoms with van der Waals surface area (Å²) in [5.41, 5.74) is 0.800. The maximum Gasteiger partial charge on any atom is 0.247 e. The topological polar surface area (TPSA) is 36.1 Å². The Morgan fingerprint density at radius 2 is 2.54 bits per heavy atom. The highest BCUT2D eigenvalue weighted by molar-refractivity contribution is 5.15. The molecule has 1 fully saturated rings. The second-order valence-corrected chi connectivity index (χ2v) is 3.57. The van der Waals surface area contributed by atoms with Crippen LogP contribution in [0.3, 0.4) is 0 Å². The van der Waals surface area contributed by atoms with Crippen LogP contribution in [0.5, 0.6) is 0 Å². The molecule has 1 atom stereocenters. The van der Waals surface area contributed by atoms with Gasteiger partial charge < -0.3 is 4.98 Å². The molecule has 3 heteroatoms. The number of aromatic amines is 1. The first-order valence-corrected chi connectivity index (χ1v) is 4.60. The maximum atomic E-state index is 11.0. The van der Waals surface area contributed by atoms with E-state index in [1.54, 1.807) is 6.20 Å². The van der Waals surface area contributed by atoms with Gasteiger partial charge in [-0.1, -0.05) is 6.07 Å². The molecule has 3 nitrogen and oxygen atoms in total. The lowest BCUT2D eigenvalue weighted by molar-refractivity contribution is 0.317. The molecule has 0 radical (unpaired) electrons. The average Bonchev–Trinajstić information content (AvgIpc) is 2.57. The lowest BCUT2D eigenvalue weighted by Gasteiger charge is -2.18. The van der Waals surface area contributed by atoms with E-state index in [1.807, 2.05) is 6.07 Å². The lowest BCUT2D eigenvalue weighted by atomic mass is 10.1.